The predicted molar refractivity (Wildman–Crippen MR) is 73.1 cm³/mol. The molecule has 0 aliphatic carbocycles. The van der Waals surface area contributed by atoms with Crippen LogP contribution in [0.2, 0.25) is 0 Å². The van der Waals surface area contributed by atoms with Crippen LogP contribution in [0.15, 0.2) is 0 Å². The normalized spacial score (nSPS) is 22.4. The fourth-order valence-electron chi connectivity index (χ4n) is 2.41. The van der Waals surface area contributed by atoms with E-state index in [-0.39, 0.29) is 19.0 Å². The average Bonchev–Trinajstić information content (AvgIpc) is 2.60. The summed E-state index contributed by atoms with van der Waals surface area (Å²) in [6.45, 7) is 2.55. The summed E-state index contributed by atoms with van der Waals surface area (Å²) in [5, 5.41) is 8.65. The number of carbonyl (C=O) groups is 1. The van der Waals surface area contributed by atoms with Gasteiger partial charge in [0, 0.05) is 26.2 Å². The van der Waals surface area contributed by atoms with Crippen LogP contribution in [0, 0.1) is 0 Å². The molecule has 19 heavy (non-hydrogen) atoms. The molecule has 0 aromatic heterocycles. The third-order valence-electron chi connectivity index (χ3n) is 3.63. The zero-order valence-electron chi connectivity index (χ0n) is 11.7. The second-order valence-corrected chi connectivity index (χ2v) is 6.98. The smallest absolute Gasteiger partial charge is 0.304 e. The van der Waals surface area contributed by atoms with E-state index < -0.39 is 16.2 Å². The van der Waals surface area contributed by atoms with Gasteiger partial charge in [-0.3, -0.25) is 4.79 Å². The summed E-state index contributed by atoms with van der Waals surface area (Å²) < 4.78 is 27.7. The van der Waals surface area contributed by atoms with Crippen LogP contribution in [0.3, 0.4) is 0 Å². The molecule has 0 amide bonds. The van der Waals surface area contributed by atoms with Crippen LogP contribution in [0.4, 0.5) is 0 Å². The Bertz CT molecular complexity index is 397. The van der Waals surface area contributed by atoms with Gasteiger partial charge >= 0.3 is 5.97 Å². The lowest BCUT2D eigenvalue weighted by Crippen LogP contribution is -2.47. The number of hydrogen-bond acceptors (Lipinski definition) is 3. The summed E-state index contributed by atoms with van der Waals surface area (Å²) in [5.41, 5.74) is 0. The zero-order valence-corrected chi connectivity index (χ0v) is 12.5. The predicted octanol–water partition coefficient (Wildman–Crippen LogP) is 1.29. The number of aliphatic carboxylic acids is 1. The molecule has 1 N–H and O–H groups in total. The van der Waals surface area contributed by atoms with Crippen LogP contribution in [-0.2, 0) is 15.0 Å². The van der Waals surface area contributed by atoms with Crippen molar-refractivity contribution in [3.05, 3.63) is 0 Å². The minimum Gasteiger partial charge on any atom is -0.481 e. The molecular weight excluding hydrogens is 268 g/mol. The first kappa shape index (κ1) is 16.4. The molecule has 112 valence electrons. The first-order valence-corrected chi connectivity index (χ1v) is 8.24. The molecule has 0 aromatic carbocycles. The van der Waals surface area contributed by atoms with Crippen LogP contribution in [0.5, 0.6) is 0 Å². The van der Waals surface area contributed by atoms with E-state index in [1.54, 1.807) is 4.31 Å². The van der Waals surface area contributed by atoms with Crippen molar-refractivity contribution in [3.63, 3.8) is 0 Å². The molecule has 1 saturated heterocycles. The molecule has 0 bridgehead atoms. The summed E-state index contributed by atoms with van der Waals surface area (Å²) in [5.74, 6) is -0.982. The summed E-state index contributed by atoms with van der Waals surface area (Å²) in [6.07, 6.45) is 4.52. The van der Waals surface area contributed by atoms with Gasteiger partial charge in [0.1, 0.15) is 0 Å². The first-order chi connectivity index (χ1) is 8.89. The van der Waals surface area contributed by atoms with E-state index in [0.717, 1.165) is 36.4 Å². The number of carboxylic acid groups (broad SMARTS) is 1. The van der Waals surface area contributed by atoms with Crippen molar-refractivity contribution < 1.29 is 18.3 Å². The molecule has 1 aliphatic heterocycles. The van der Waals surface area contributed by atoms with Gasteiger partial charge in [-0.05, 0) is 19.3 Å². The van der Waals surface area contributed by atoms with Gasteiger partial charge in [-0.15, -0.1) is 0 Å². The SMILES string of the molecule is CCC1CCCCCN1S(=O)(=O)N(C)CCC(=O)O. The van der Waals surface area contributed by atoms with E-state index >= 15 is 0 Å². The third-order valence-corrected chi connectivity index (χ3v) is 5.67. The molecule has 0 spiro atoms. The van der Waals surface area contributed by atoms with Gasteiger partial charge in [-0.1, -0.05) is 19.8 Å². The van der Waals surface area contributed by atoms with Crippen LogP contribution in [0.1, 0.15) is 45.4 Å². The molecule has 1 unspecified atom stereocenters. The van der Waals surface area contributed by atoms with E-state index in [9.17, 15) is 13.2 Å². The molecule has 0 radical (unpaired) electrons. The lowest BCUT2D eigenvalue weighted by molar-refractivity contribution is -0.137. The van der Waals surface area contributed by atoms with E-state index in [0.29, 0.717) is 6.54 Å². The van der Waals surface area contributed by atoms with Gasteiger partial charge in [-0.2, -0.15) is 17.0 Å². The zero-order chi connectivity index (χ0) is 14.5. The van der Waals surface area contributed by atoms with Gasteiger partial charge in [0.2, 0.25) is 0 Å². The molecule has 1 fully saturated rings. The van der Waals surface area contributed by atoms with E-state index in [1.165, 1.54) is 7.05 Å². The fourth-order valence-corrected chi connectivity index (χ4v) is 4.08. The minimum absolute atomic E-state index is 0.0185. The van der Waals surface area contributed by atoms with Gasteiger partial charge in [0.25, 0.3) is 10.2 Å². The number of rotatable bonds is 6. The summed E-state index contributed by atoms with van der Waals surface area (Å²) in [6, 6.07) is 0.0415. The third kappa shape index (κ3) is 4.43. The lowest BCUT2D eigenvalue weighted by Gasteiger charge is -2.31. The van der Waals surface area contributed by atoms with Crippen LogP contribution < -0.4 is 0 Å². The van der Waals surface area contributed by atoms with E-state index in [2.05, 4.69) is 0 Å². The monoisotopic (exact) mass is 292 g/mol. The highest BCUT2D eigenvalue weighted by atomic mass is 32.2. The van der Waals surface area contributed by atoms with Crippen molar-refractivity contribution in [3.8, 4) is 0 Å². The maximum Gasteiger partial charge on any atom is 0.304 e. The van der Waals surface area contributed by atoms with Gasteiger partial charge in [0.15, 0.2) is 0 Å². The highest BCUT2D eigenvalue weighted by Gasteiger charge is 2.33. The standard InChI is InChI=1S/C12H24N2O4S/c1-3-11-7-5-4-6-9-14(11)19(17,18)13(2)10-8-12(15)16/h11H,3-10H2,1-2H3,(H,15,16). The summed E-state index contributed by atoms with van der Waals surface area (Å²) >= 11 is 0. The van der Waals surface area contributed by atoms with Gasteiger partial charge in [-0.25, -0.2) is 0 Å². The second-order valence-electron chi connectivity index (χ2n) is 5.00. The molecule has 1 heterocycles. The maximum absolute atomic E-state index is 12.5. The molecule has 1 rings (SSSR count). The van der Waals surface area contributed by atoms with Crippen molar-refractivity contribution in [1.29, 1.82) is 0 Å². The van der Waals surface area contributed by atoms with Crippen LogP contribution >= 0.6 is 0 Å². The summed E-state index contributed by atoms with van der Waals surface area (Å²) in [7, 11) is -2.08. The Morgan fingerprint density at radius 3 is 2.63 bits per heavy atom. The first-order valence-electron chi connectivity index (χ1n) is 6.84. The van der Waals surface area contributed by atoms with E-state index in [1.807, 2.05) is 6.92 Å². The summed E-state index contributed by atoms with van der Waals surface area (Å²) in [4.78, 5) is 10.5. The Balaban J connectivity index is 2.79. The number of nitrogens with zero attached hydrogens (tertiary/aromatic N) is 2. The highest BCUT2D eigenvalue weighted by molar-refractivity contribution is 7.86. The largest absolute Gasteiger partial charge is 0.481 e. The number of hydrogen-bond donors (Lipinski definition) is 1. The molecular formula is C12H24N2O4S. The topological polar surface area (TPSA) is 77.9 Å². The minimum atomic E-state index is -3.54. The molecule has 1 aliphatic rings. The molecule has 6 nitrogen and oxygen atoms in total. The van der Waals surface area contributed by atoms with Crippen LogP contribution in [0.25, 0.3) is 0 Å². The molecule has 1 atom stereocenters. The highest BCUT2D eigenvalue weighted by Crippen LogP contribution is 2.23. The fraction of sp³-hybridized carbons (Fsp3) is 0.917. The second kappa shape index (κ2) is 7.21. The quantitative estimate of drug-likeness (QED) is 0.800. The maximum atomic E-state index is 12.5. The Morgan fingerprint density at radius 1 is 1.37 bits per heavy atom. The van der Waals surface area contributed by atoms with E-state index in [4.69, 9.17) is 5.11 Å². The lowest BCUT2D eigenvalue weighted by atomic mass is 10.1. The van der Waals surface area contributed by atoms with Gasteiger partial charge in [0.05, 0.1) is 6.42 Å². The van der Waals surface area contributed by atoms with Crippen molar-refractivity contribution >= 4 is 16.2 Å². The van der Waals surface area contributed by atoms with Crippen LogP contribution in [-0.4, -0.2) is 54.3 Å². The van der Waals surface area contributed by atoms with Crippen molar-refractivity contribution in [1.82, 2.24) is 8.61 Å². The Labute approximate surface area is 115 Å². The molecule has 0 saturated carbocycles. The van der Waals surface area contributed by atoms with Crippen molar-refractivity contribution in [2.45, 2.75) is 51.5 Å². The molecule has 0 aromatic rings. The Hall–Kier alpha value is -0.660. The molecule has 7 heteroatoms. The average molecular weight is 292 g/mol. The Morgan fingerprint density at radius 2 is 2.05 bits per heavy atom. The van der Waals surface area contributed by atoms with Crippen molar-refractivity contribution in [2.24, 2.45) is 0 Å². The van der Waals surface area contributed by atoms with Crippen molar-refractivity contribution in [2.75, 3.05) is 20.1 Å². The number of carboxylic acids is 1. The Kier molecular flexibility index (Phi) is 6.22. The van der Waals surface area contributed by atoms with Gasteiger partial charge < -0.3 is 5.11 Å².